The summed E-state index contributed by atoms with van der Waals surface area (Å²) in [5, 5.41) is 13.3. The van der Waals surface area contributed by atoms with E-state index in [9.17, 15) is 4.79 Å². The first-order valence-corrected chi connectivity index (χ1v) is 5.70. The highest BCUT2D eigenvalue weighted by Crippen LogP contribution is 2.16. The SMILES string of the molecule is O=C(O)Cc1cnc2ccc(-c3cccnc3)nn12. The van der Waals surface area contributed by atoms with Crippen molar-refractivity contribution in [2.45, 2.75) is 6.42 Å². The Kier molecular flexibility index (Phi) is 2.68. The van der Waals surface area contributed by atoms with Crippen LogP contribution in [0.4, 0.5) is 0 Å². The van der Waals surface area contributed by atoms with E-state index in [1.807, 2.05) is 18.2 Å². The van der Waals surface area contributed by atoms with Crippen LogP contribution in [-0.2, 0) is 11.2 Å². The van der Waals surface area contributed by atoms with Crippen molar-refractivity contribution < 1.29 is 9.90 Å². The Bertz CT molecular complexity index is 737. The molecule has 0 radical (unpaired) electrons. The van der Waals surface area contributed by atoms with E-state index in [1.54, 1.807) is 23.0 Å². The number of rotatable bonds is 3. The summed E-state index contributed by atoms with van der Waals surface area (Å²) in [5.41, 5.74) is 2.78. The third kappa shape index (κ3) is 2.15. The lowest BCUT2D eigenvalue weighted by molar-refractivity contribution is -0.136. The van der Waals surface area contributed by atoms with Crippen molar-refractivity contribution in [2.24, 2.45) is 0 Å². The molecule has 3 heterocycles. The lowest BCUT2D eigenvalue weighted by Gasteiger charge is -2.02. The smallest absolute Gasteiger partial charge is 0.309 e. The Morgan fingerprint density at radius 2 is 2.16 bits per heavy atom. The maximum Gasteiger partial charge on any atom is 0.309 e. The van der Waals surface area contributed by atoms with Crippen molar-refractivity contribution in [3.63, 3.8) is 0 Å². The first kappa shape index (κ1) is 11.3. The topological polar surface area (TPSA) is 80.4 Å². The Morgan fingerprint density at radius 3 is 2.89 bits per heavy atom. The van der Waals surface area contributed by atoms with E-state index in [0.717, 1.165) is 11.3 Å². The number of carbonyl (C=O) groups is 1. The lowest BCUT2D eigenvalue weighted by atomic mass is 10.2. The van der Waals surface area contributed by atoms with E-state index in [2.05, 4.69) is 15.1 Å². The molecule has 3 rings (SSSR count). The fraction of sp³-hybridized carbons (Fsp3) is 0.0769. The van der Waals surface area contributed by atoms with Crippen LogP contribution in [0.25, 0.3) is 16.9 Å². The third-order valence-electron chi connectivity index (χ3n) is 2.72. The van der Waals surface area contributed by atoms with Crippen LogP contribution in [0.3, 0.4) is 0 Å². The van der Waals surface area contributed by atoms with Crippen molar-refractivity contribution in [1.82, 2.24) is 19.6 Å². The standard InChI is InChI=1S/C13H10N4O2/c18-13(19)6-10-8-15-12-4-3-11(16-17(10)12)9-2-1-5-14-7-9/h1-5,7-8H,6H2,(H,18,19). The zero-order valence-corrected chi connectivity index (χ0v) is 9.89. The van der Waals surface area contributed by atoms with Gasteiger partial charge in [-0.2, -0.15) is 5.10 Å². The molecule has 0 amide bonds. The number of nitrogens with zero attached hydrogens (tertiary/aromatic N) is 4. The molecule has 0 saturated heterocycles. The van der Waals surface area contributed by atoms with Gasteiger partial charge in [0, 0.05) is 18.0 Å². The van der Waals surface area contributed by atoms with Crippen molar-refractivity contribution in [1.29, 1.82) is 0 Å². The summed E-state index contributed by atoms with van der Waals surface area (Å²) in [7, 11) is 0. The zero-order chi connectivity index (χ0) is 13.2. The van der Waals surface area contributed by atoms with Gasteiger partial charge in [-0.05, 0) is 24.3 Å². The normalized spacial score (nSPS) is 10.7. The van der Waals surface area contributed by atoms with Gasteiger partial charge in [0.2, 0.25) is 0 Å². The highest BCUT2D eigenvalue weighted by molar-refractivity contribution is 5.70. The number of carboxylic acid groups (broad SMARTS) is 1. The molecule has 6 nitrogen and oxygen atoms in total. The van der Waals surface area contributed by atoms with Crippen LogP contribution >= 0.6 is 0 Å². The molecule has 1 N–H and O–H groups in total. The van der Waals surface area contributed by atoms with Crippen LogP contribution in [0.2, 0.25) is 0 Å². The Balaban J connectivity index is 2.11. The quantitative estimate of drug-likeness (QED) is 0.764. The van der Waals surface area contributed by atoms with E-state index >= 15 is 0 Å². The summed E-state index contributed by atoms with van der Waals surface area (Å²) >= 11 is 0. The summed E-state index contributed by atoms with van der Waals surface area (Å²) in [6, 6.07) is 7.37. The molecule has 3 aromatic rings. The van der Waals surface area contributed by atoms with Crippen LogP contribution < -0.4 is 0 Å². The van der Waals surface area contributed by atoms with Crippen molar-refractivity contribution in [3.8, 4) is 11.3 Å². The molecular formula is C13H10N4O2. The second kappa shape index (κ2) is 4.49. The molecule has 0 saturated carbocycles. The van der Waals surface area contributed by atoms with Gasteiger partial charge < -0.3 is 5.11 Å². The first-order valence-electron chi connectivity index (χ1n) is 5.70. The summed E-state index contributed by atoms with van der Waals surface area (Å²) in [6.07, 6.45) is 4.82. The maximum absolute atomic E-state index is 10.8. The maximum atomic E-state index is 10.8. The van der Waals surface area contributed by atoms with Gasteiger partial charge >= 0.3 is 5.97 Å². The molecule has 0 aliphatic heterocycles. The number of carboxylic acids is 1. The Morgan fingerprint density at radius 1 is 1.26 bits per heavy atom. The minimum atomic E-state index is -0.907. The van der Waals surface area contributed by atoms with E-state index in [-0.39, 0.29) is 6.42 Å². The molecule has 0 atom stereocenters. The van der Waals surface area contributed by atoms with Crippen molar-refractivity contribution in [3.05, 3.63) is 48.5 Å². The van der Waals surface area contributed by atoms with Crippen LogP contribution in [0.5, 0.6) is 0 Å². The molecule has 0 aliphatic rings. The second-order valence-electron chi connectivity index (χ2n) is 4.05. The largest absolute Gasteiger partial charge is 0.481 e. The summed E-state index contributed by atoms with van der Waals surface area (Å²) in [5.74, 6) is -0.907. The fourth-order valence-electron chi connectivity index (χ4n) is 1.86. The van der Waals surface area contributed by atoms with Gasteiger partial charge in [0.15, 0.2) is 5.65 Å². The third-order valence-corrected chi connectivity index (χ3v) is 2.72. The molecule has 0 unspecified atom stereocenters. The Labute approximate surface area is 108 Å². The van der Waals surface area contributed by atoms with E-state index < -0.39 is 5.97 Å². The predicted molar refractivity (Wildman–Crippen MR) is 67.6 cm³/mol. The van der Waals surface area contributed by atoms with Crippen LogP contribution in [0.1, 0.15) is 5.69 Å². The van der Waals surface area contributed by atoms with Gasteiger partial charge in [-0.25, -0.2) is 9.50 Å². The van der Waals surface area contributed by atoms with Crippen LogP contribution in [-0.4, -0.2) is 30.7 Å². The van der Waals surface area contributed by atoms with Gasteiger partial charge in [-0.15, -0.1) is 0 Å². The summed E-state index contributed by atoms with van der Waals surface area (Å²) in [4.78, 5) is 19.0. The minimum absolute atomic E-state index is 0.106. The number of fused-ring (bicyclic) bond motifs is 1. The lowest BCUT2D eigenvalue weighted by Crippen LogP contribution is -2.05. The van der Waals surface area contributed by atoms with E-state index in [1.165, 1.54) is 6.20 Å². The fourth-order valence-corrected chi connectivity index (χ4v) is 1.86. The highest BCUT2D eigenvalue weighted by Gasteiger charge is 2.09. The zero-order valence-electron chi connectivity index (χ0n) is 9.89. The summed E-state index contributed by atoms with van der Waals surface area (Å²) < 4.78 is 1.55. The van der Waals surface area contributed by atoms with Gasteiger partial charge in [0.1, 0.15) is 0 Å². The number of imidazole rings is 1. The molecule has 6 heteroatoms. The van der Waals surface area contributed by atoms with Gasteiger partial charge in [0.25, 0.3) is 0 Å². The van der Waals surface area contributed by atoms with Gasteiger partial charge in [-0.3, -0.25) is 9.78 Å². The number of pyridine rings is 1. The average molecular weight is 254 g/mol. The van der Waals surface area contributed by atoms with E-state index in [0.29, 0.717) is 11.3 Å². The Hall–Kier alpha value is -2.76. The highest BCUT2D eigenvalue weighted by atomic mass is 16.4. The molecule has 19 heavy (non-hydrogen) atoms. The number of aromatic nitrogens is 4. The van der Waals surface area contributed by atoms with Crippen molar-refractivity contribution in [2.75, 3.05) is 0 Å². The minimum Gasteiger partial charge on any atom is -0.481 e. The van der Waals surface area contributed by atoms with E-state index in [4.69, 9.17) is 5.11 Å². The van der Waals surface area contributed by atoms with Gasteiger partial charge in [-0.1, -0.05) is 0 Å². The summed E-state index contributed by atoms with van der Waals surface area (Å²) in [6.45, 7) is 0. The van der Waals surface area contributed by atoms with Crippen LogP contribution in [0, 0.1) is 0 Å². The van der Waals surface area contributed by atoms with Crippen LogP contribution in [0.15, 0.2) is 42.9 Å². The molecule has 94 valence electrons. The monoisotopic (exact) mass is 254 g/mol. The molecule has 0 fully saturated rings. The predicted octanol–water partition coefficient (Wildman–Crippen LogP) is 1.42. The average Bonchev–Trinajstić information content (AvgIpc) is 2.82. The molecule has 0 spiro atoms. The first-order chi connectivity index (χ1) is 9.24. The number of hydrogen-bond acceptors (Lipinski definition) is 4. The number of aliphatic carboxylic acids is 1. The second-order valence-corrected chi connectivity index (χ2v) is 4.05. The molecule has 0 aliphatic carbocycles. The number of hydrogen-bond donors (Lipinski definition) is 1. The van der Waals surface area contributed by atoms with Crippen molar-refractivity contribution >= 4 is 11.6 Å². The molecule has 3 aromatic heterocycles. The molecule has 0 bridgehead atoms. The van der Waals surface area contributed by atoms with Gasteiger partial charge in [0.05, 0.1) is 24.0 Å². The molecule has 0 aromatic carbocycles. The molecular weight excluding hydrogens is 244 g/mol.